The Balaban J connectivity index is 1.63. The summed E-state index contributed by atoms with van der Waals surface area (Å²) < 4.78 is 16.6. The summed E-state index contributed by atoms with van der Waals surface area (Å²) in [4.78, 5) is 4.42. The predicted molar refractivity (Wildman–Crippen MR) is 106 cm³/mol. The molecule has 2 rings (SSSR count). The number of aliphatic hydroxyl groups excluding tert-OH is 1. The van der Waals surface area contributed by atoms with Gasteiger partial charge in [-0.2, -0.15) is 0 Å². The lowest BCUT2D eigenvalue weighted by molar-refractivity contribution is 0.0420. The van der Waals surface area contributed by atoms with E-state index in [9.17, 15) is 5.11 Å². The average molecular weight is 380 g/mol. The van der Waals surface area contributed by atoms with Gasteiger partial charge in [0.2, 0.25) is 0 Å². The smallest absolute Gasteiger partial charge is 0.191 e. The third kappa shape index (κ3) is 9.08. The zero-order valence-electron chi connectivity index (χ0n) is 16.4. The van der Waals surface area contributed by atoms with E-state index in [1.165, 1.54) is 0 Å². The molecule has 152 valence electrons. The highest BCUT2D eigenvalue weighted by atomic mass is 16.5. The van der Waals surface area contributed by atoms with Crippen LogP contribution in [0, 0.1) is 6.92 Å². The summed E-state index contributed by atoms with van der Waals surface area (Å²) in [7, 11) is 0. The van der Waals surface area contributed by atoms with Crippen LogP contribution in [0.1, 0.15) is 25.3 Å². The van der Waals surface area contributed by atoms with E-state index < -0.39 is 6.10 Å². The number of hydrogen-bond acceptors (Lipinski definition) is 5. The Hall–Kier alpha value is -1.83. The minimum Gasteiger partial charge on any atom is -0.491 e. The molecule has 0 radical (unpaired) electrons. The Morgan fingerprint density at radius 2 is 2.30 bits per heavy atom. The minimum atomic E-state index is -0.660. The molecule has 0 aromatic heterocycles. The molecule has 1 saturated heterocycles. The third-order valence-corrected chi connectivity index (χ3v) is 4.09. The van der Waals surface area contributed by atoms with E-state index >= 15 is 0 Å². The molecule has 27 heavy (non-hydrogen) atoms. The minimum absolute atomic E-state index is 0.212. The lowest BCUT2D eigenvalue weighted by Crippen LogP contribution is -2.39. The maximum absolute atomic E-state index is 10.1. The highest BCUT2D eigenvalue weighted by Gasteiger charge is 2.15. The summed E-state index contributed by atoms with van der Waals surface area (Å²) in [5.74, 6) is 1.45. The maximum Gasteiger partial charge on any atom is 0.191 e. The number of guanidine groups is 1. The van der Waals surface area contributed by atoms with Crippen LogP contribution in [0.2, 0.25) is 0 Å². The number of aryl methyl sites for hydroxylation is 1. The second-order valence-electron chi connectivity index (χ2n) is 6.64. The zero-order chi connectivity index (χ0) is 19.3. The number of aliphatic imine (C=N–C) groups is 1. The van der Waals surface area contributed by atoms with Gasteiger partial charge in [0.25, 0.3) is 0 Å². The Kier molecular flexibility index (Phi) is 9.97. The molecule has 2 unspecified atom stereocenters. The van der Waals surface area contributed by atoms with Crippen molar-refractivity contribution in [2.24, 2.45) is 4.99 Å². The van der Waals surface area contributed by atoms with Crippen LogP contribution in [0.25, 0.3) is 0 Å². The van der Waals surface area contributed by atoms with Gasteiger partial charge in [-0.3, -0.25) is 4.99 Å². The predicted octanol–water partition coefficient (Wildman–Crippen LogP) is 1.49. The summed E-state index contributed by atoms with van der Waals surface area (Å²) in [6.07, 6.45) is 1.46. The monoisotopic (exact) mass is 379 g/mol. The molecule has 1 heterocycles. The largest absolute Gasteiger partial charge is 0.491 e. The number of ether oxygens (including phenoxy) is 3. The van der Waals surface area contributed by atoms with Crippen LogP contribution in [-0.2, 0) is 9.47 Å². The van der Waals surface area contributed by atoms with Gasteiger partial charge < -0.3 is 30.0 Å². The van der Waals surface area contributed by atoms with Gasteiger partial charge in [0.05, 0.1) is 19.3 Å². The fraction of sp³-hybridized carbons (Fsp3) is 0.650. The summed E-state index contributed by atoms with van der Waals surface area (Å²) in [5.41, 5.74) is 1.13. The molecule has 2 atom stereocenters. The van der Waals surface area contributed by atoms with Crippen molar-refractivity contribution >= 4 is 5.96 Å². The van der Waals surface area contributed by atoms with Gasteiger partial charge in [0, 0.05) is 26.3 Å². The fourth-order valence-electron chi connectivity index (χ4n) is 2.66. The molecule has 1 fully saturated rings. The van der Waals surface area contributed by atoms with Crippen molar-refractivity contribution in [2.75, 3.05) is 46.1 Å². The van der Waals surface area contributed by atoms with E-state index in [-0.39, 0.29) is 19.3 Å². The van der Waals surface area contributed by atoms with E-state index in [0.29, 0.717) is 19.2 Å². The Bertz CT molecular complexity index is 562. The van der Waals surface area contributed by atoms with Crippen LogP contribution in [0.4, 0.5) is 0 Å². The van der Waals surface area contributed by atoms with Crippen molar-refractivity contribution < 1.29 is 19.3 Å². The van der Waals surface area contributed by atoms with Crippen molar-refractivity contribution in [1.82, 2.24) is 10.6 Å². The van der Waals surface area contributed by atoms with Crippen LogP contribution < -0.4 is 15.4 Å². The standard InChI is InChI=1S/C20H33N3O4/c1-3-21-20(22-9-5-10-26-19-8-11-25-15-19)23-13-17(24)14-27-18-7-4-6-16(2)12-18/h4,6-7,12,17,19,24H,3,5,8-11,13-15H2,1-2H3,(H2,21,22,23). The number of rotatable bonds is 11. The number of aliphatic hydroxyl groups is 1. The molecule has 3 N–H and O–H groups in total. The molecule has 0 aliphatic carbocycles. The number of hydrogen-bond donors (Lipinski definition) is 3. The van der Waals surface area contributed by atoms with Crippen LogP contribution in [0.5, 0.6) is 5.75 Å². The number of nitrogens with one attached hydrogen (secondary N) is 2. The van der Waals surface area contributed by atoms with Crippen LogP contribution in [0.3, 0.4) is 0 Å². The fourth-order valence-corrected chi connectivity index (χ4v) is 2.66. The van der Waals surface area contributed by atoms with E-state index in [1.807, 2.05) is 38.1 Å². The summed E-state index contributed by atoms with van der Waals surface area (Å²) >= 11 is 0. The van der Waals surface area contributed by atoms with Gasteiger partial charge in [-0.15, -0.1) is 0 Å². The second kappa shape index (κ2) is 12.5. The summed E-state index contributed by atoms with van der Waals surface area (Å²) in [5, 5.41) is 16.5. The van der Waals surface area contributed by atoms with Crippen LogP contribution >= 0.6 is 0 Å². The molecule has 1 aromatic carbocycles. The first-order valence-electron chi connectivity index (χ1n) is 9.76. The number of nitrogens with zero attached hydrogens (tertiary/aromatic N) is 1. The molecule has 1 aromatic rings. The number of benzene rings is 1. The molecule has 0 spiro atoms. The Morgan fingerprint density at radius 1 is 1.41 bits per heavy atom. The molecule has 7 heteroatoms. The second-order valence-corrected chi connectivity index (χ2v) is 6.64. The molecule has 0 bridgehead atoms. The van der Waals surface area contributed by atoms with Crippen molar-refractivity contribution in [3.63, 3.8) is 0 Å². The highest BCUT2D eigenvalue weighted by Crippen LogP contribution is 2.12. The van der Waals surface area contributed by atoms with Gasteiger partial charge >= 0.3 is 0 Å². The van der Waals surface area contributed by atoms with E-state index in [0.717, 1.165) is 43.9 Å². The van der Waals surface area contributed by atoms with E-state index in [2.05, 4.69) is 15.6 Å². The van der Waals surface area contributed by atoms with E-state index in [4.69, 9.17) is 14.2 Å². The summed E-state index contributed by atoms with van der Waals surface area (Å²) in [6, 6.07) is 7.77. The molecule has 0 amide bonds. The first-order valence-corrected chi connectivity index (χ1v) is 9.76. The zero-order valence-corrected chi connectivity index (χ0v) is 16.4. The van der Waals surface area contributed by atoms with Crippen molar-refractivity contribution in [1.29, 1.82) is 0 Å². The van der Waals surface area contributed by atoms with Crippen LogP contribution in [-0.4, -0.2) is 69.3 Å². The molecule has 7 nitrogen and oxygen atoms in total. The SMILES string of the molecule is CCNC(=NCC(O)COc1cccc(C)c1)NCCCOC1CCOC1. The molecular formula is C20H33N3O4. The maximum atomic E-state index is 10.1. The summed E-state index contributed by atoms with van der Waals surface area (Å²) in [6.45, 7) is 8.24. The van der Waals surface area contributed by atoms with Crippen LogP contribution in [0.15, 0.2) is 29.3 Å². The third-order valence-electron chi connectivity index (χ3n) is 4.09. The average Bonchev–Trinajstić information content (AvgIpc) is 3.17. The first-order chi connectivity index (χ1) is 13.2. The van der Waals surface area contributed by atoms with Gasteiger partial charge in [-0.1, -0.05) is 12.1 Å². The molecule has 0 saturated carbocycles. The highest BCUT2D eigenvalue weighted by molar-refractivity contribution is 5.79. The lowest BCUT2D eigenvalue weighted by Gasteiger charge is -2.14. The Labute approximate surface area is 162 Å². The quantitative estimate of drug-likeness (QED) is 0.307. The van der Waals surface area contributed by atoms with Gasteiger partial charge in [-0.05, 0) is 44.4 Å². The topological polar surface area (TPSA) is 84.3 Å². The molecular weight excluding hydrogens is 346 g/mol. The molecule has 1 aliphatic rings. The van der Waals surface area contributed by atoms with Gasteiger partial charge in [-0.25, -0.2) is 0 Å². The van der Waals surface area contributed by atoms with E-state index in [1.54, 1.807) is 0 Å². The normalized spacial score (nSPS) is 18.3. The van der Waals surface area contributed by atoms with Crippen molar-refractivity contribution in [2.45, 2.75) is 38.9 Å². The van der Waals surface area contributed by atoms with Crippen molar-refractivity contribution in [3.8, 4) is 5.75 Å². The lowest BCUT2D eigenvalue weighted by atomic mass is 10.2. The first kappa shape index (κ1) is 21.5. The Morgan fingerprint density at radius 3 is 3.04 bits per heavy atom. The molecule has 1 aliphatic heterocycles. The van der Waals surface area contributed by atoms with Gasteiger partial charge in [0.15, 0.2) is 5.96 Å². The van der Waals surface area contributed by atoms with Crippen molar-refractivity contribution in [3.05, 3.63) is 29.8 Å². The van der Waals surface area contributed by atoms with Gasteiger partial charge in [0.1, 0.15) is 18.5 Å².